The molecule has 0 bridgehead atoms. The maximum atomic E-state index is 13.9. The summed E-state index contributed by atoms with van der Waals surface area (Å²) in [4.78, 5) is 30.0. The number of hydrogen-bond donors (Lipinski definition) is 2. The van der Waals surface area contributed by atoms with Gasteiger partial charge in [-0.1, -0.05) is 41.4 Å². The van der Waals surface area contributed by atoms with Gasteiger partial charge in [0.1, 0.15) is 0 Å². The summed E-state index contributed by atoms with van der Waals surface area (Å²) < 4.78 is 10.9. The molecule has 0 radical (unpaired) electrons. The highest BCUT2D eigenvalue weighted by molar-refractivity contribution is 6.31. The third-order valence-corrected chi connectivity index (χ3v) is 6.86. The number of nitrogens with zero attached hydrogens (tertiary/aromatic N) is 3. The van der Waals surface area contributed by atoms with Crippen molar-refractivity contribution in [3.63, 3.8) is 0 Å². The fraction of sp³-hybridized carbons (Fsp3) is 0.231. The van der Waals surface area contributed by atoms with E-state index in [1.807, 2.05) is 12.1 Å². The smallest absolute Gasteiger partial charge is 0.347 e. The molecule has 37 heavy (non-hydrogen) atoms. The zero-order valence-electron chi connectivity index (χ0n) is 20.0. The van der Waals surface area contributed by atoms with Gasteiger partial charge in [0, 0.05) is 28.0 Å². The standard InChI is InChI=1S/C26H24Cl2N4O5/c1-26(2)23(32(35)24(33)29-19-7-3-5-17(27)12-19)31(20-8-4-6-18(28)13-20)25(34)30(26)14-16-9-10-21-22(11-16)37-15-36-21/h3-13,23,35H,14-15H2,1-2H3,(H,29,33)/t23-/m1/s1. The average molecular weight is 543 g/mol. The number of ether oxygens (including phenoxy) is 2. The molecule has 1 saturated heterocycles. The summed E-state index contributed by atoms with van der Waals surface area (Å²) in [6.45, 7) is 3.89. The molecule has 2 N–H and O–H groups in total. The Morgan fingerprint density at radius 1 is 1.05 bits per heavy atom. The molecule has 5 rings (SSSR count). The Morgan fingerprint density at radius 3 is 2.49 bits per heavy atom. The number of hydrogen-bond acceptors (Lipinski definition) is 5. The second-order valence-corrected chi connectivity index (χ2v) is 10.1. The monoisotopic (exact) mass is 542 g/mol. The number of fused-ring (bicyclic) bond motifs is 1. The molecule has 3 aromatic rings. The van der Waals surface area contributed by atoms with Gasteiger partial charge in [-0.15, -0.1) is 0 Å². The third-order valence-electron chi connectivity index (χ3n) is 6.39. The van der Waals surface area contributed by atoms with Crippen molar-refractivity contribution >= 4 is 46.6 Å². The number of halogens is 2. The first-order chi connectivity index (χ1) is 17.6. The predicted octanol–water partition coefficient (Wildman–Crippen LogP) is 6.19. The zero-order chi connectivity index (χ0) is 26.3. The molecule has 0 aliphatic carbocycles. The number of hydroxylamine groups is 2. The summed E-state index contributed by atoms with van der Waals surface area (Å²) in [6.07, 6.45) is -1.10. The van der Waals surface area contributed by atoms with E-state index in [4.69, 9.17) is 32.7 Å². The quantitative estimate of drug-likeness (QED) is 0.296. The van der Waals surface area contributed by atoms with Gasteiger partial charge in [0.2, 0.25) is 6.79 Å². The number of amides is 4. The van der Waals surface area contributed by atoms with E-state index in [1.54, 1.807) is 73.3 Å². The zero-order valence-corrected chi connectivity index (χ0v) is 21.5. The van der Waals surface area contributed by atoms with E-state index in [9.17, 15) is 14.8 Å². The maximum Gasteiger partial charge on any atom is 0.347 e. The Balaban J connectivity index is 1.49. The maximum absolute atomic E-state index is 13.9. The molecule has 1 atom stereocenters. The normalized spacial score (nSPS) is 17.8. The molecule has 11 heteroatoms. The van der Waals surface area contributed by atoms with Crippen LogP contribution in [0.15, 0.2) is 66.7 Å². The fourth-order valence-electron chi connectivity index (χ4n) is 4.57. The molecule has 9 nitrogen and oxygen atoms in total. The number of anilines is 2. The minimum atomic E-state index is -1.10. The van der Waals surface area contributed by atoms with Crippen molar-refractivity contribution in [1.82, 2.24) is 9.96 Å². The first-order valence-electron chi connectivity index (χ1n) is 11.4. The van der Waals surface area contributed by atoms with Gasteiger partial charge in [0.05, 0.1) is 5.54 Å². The van der Waals surface area contributed by atoms with Crippen molar-refractivity contribution < 1.29 is 24.3 Å². The minimum Gasteiger partial charge on any atom is -0.454 e. The largest absolute Gasteiger partial charge is 0.454 e. The van der Waals surface area contributed by atoms with Crippen LogP contribution in [0.5, 0.6) is 11.5 Å². The highest BCUT2D eigenvalue weighted by atomic mass is 35.5. The molecule has 4 amide bonds. The van der Waals surface area contributed by atoms with Gasteiger partial charge < -0.3 is 19.7 Å². The van der Waals surface area contributed by atoms with Gasteiger partial charge in [-0.2, -0.15) is 5.06 Å². The second-order valence-electron chi connectivity index (χ2n) is 9.22. The van der Waals surface area contributed by atoms with Gasteiger partial charge >= 0.3 is 12.1 Å². The summed E-state index contributed by atoms with van der Waals surface area (Å²) >= 11 is 12.3. The van der Waals surface area contributed by atoms with Crippen LogP contribution in [-0.4, -0.2) is 45.7 Å². The van der Waals surface area contributed by atoms with E-state index in [0.29, 0.717) is 38.0 Å². The van der Waals surface area contributed by atoms with E-state index in [1.165, 1.54) is 4.90 Å². The number of carbonyl (C=O) groups is 2. The van der Waals surface area contributed by atoms with Crippen molar-refractivity contribution in [2.45, 2.75) is 32.1 Å². The highest BCUT2D eigenvalue weighted by Crippen LogP contribution is 2.40. The molecule has 1 fully saturated rings. The van der Waals surface area contributed by atoms with Crippen LogP contribution in [0.4, 0.5) is 21.0 Å². The molecule has 0 saturated carbocycles. The van der Waals surface area contributed by atoms with E-state index in [-0.39, 0.29) is 13.3 Å². The number of rotatable bonds is 5. The van der Waals surface area contributed by atoms with Gasteiger partial charge in [0.15, 0.2) is 17.7 Å². The molecule has 2 aliphatic rings. The van der Waals surface area contributed by atoms with E-state index >= 15 is 0 Å². The van der Waals surface area contributed by atoms with Crippen LogP contribution in [0, 0.1) is 0 Å². The van der Waals surface area contributed by atoms with Crippen molar-refractivity contribution in [3.05, 3.63) is 82.3 Å². The van der Waals surface area contributed by atoms with Crippen LogP contribution >= 0.6 is 23.2 Å². The molecule has 2 heterocycles. The molecule has 0 unspecified atom stereocenters. The Bertz CT molecular complexity index is 1370. The van der Waals surface area contributed by atoms with Crippen LogP contribution in [0.1, 0.15) is 19.4 Å². The molecule has 2 aliphatic heterocycles. The fourth-order valence-corrected chi connectivity index (χ4v) is 4.95. The highest BCUT2D eigenvalue weighted by Gasteiger charge is 2.56. The Labute approximate surface area is 223 Å². The Kier molecular flexibility index (Phi) is 6.53. The molecular weight excluding hydrogens is 519 g/mol. The molecule has 0 spiro atoms. The van der Waals surface area contributed by atoms with Crippen molar-refractivity contribution in [2.24, 2.45) is 0 Å². The van der Waals surface area contributed by atoms with Crippen LogP contribution < -0.4 is 19.7 Å². The second kappa shape index (κ2) is 9.66. The Morgan fingerprint density at radius 2 is 1.76 bits per heavy atom. The number of carbonyl (C=O) groups excluding carboxylic acids is 2. The average Bonchev–Trinajstić information content (AvgIpc) is 3.39. The topological polar surface area (TPSA) is 94.6 Å². The summed E-state index contributed by atoms with van der Waals surface area (Å²) in [5.74, 6) is 1.23. The first-order valence-corrected chi connectivity index (χ1v) is 12.2. The first kappa shape index (κ1) is 25.0. The summed E-state index contributed by atoms with van der Waals surface area (Å²) in [5, 5.41) is 15.2. The lowest BCUT2D eigenvalue weighted by atomic mass is 9.99. The summed E-state index contributed by atoms with van der Waals surface area (Å²) in [7, 11) is 0. The lowest BCUT2D eigenvalue weighted by molar-refractivity contribution is -0.0954. The molecule has 192 valence electrons. The van der Waals surface area contributed by atoms with Crippen molar-refractivity contribution in [3.8, 4) is 11.5 Å². The predicted molar refractivity (Wildman–Crippen MR) is 139 cm³/mol. The number of urea groups is 2. The van der Waals surface area contributed by atoms with Crippen molar-refractivity contribution in [2.75, 3.05) is 17.0 Å². The SMILES string of the molecule is CC1(C)[C@@H](N(O)C(=O)Nc2cccc(Cl)c2)N(c2cccc(Cl)c2)C(=O)N1Cc1ccc2c(c1)OCO2. The van der Waals surface area contributed by atoms with Crippen LogP contribution in [-0.2, 0) is 6.54 Å². The molecular formula is C26H24Cl2N4O5. The molecule has 0 aromatic heterocycles. The minimum absolute atomic E-state index is 0.138. The molecule has 3 aromatic carbocycles. The number of benzene rings is 3. The van der Waals surface area contributed by atoms with Crippen molar-refractivity contribution in [1.29, 1.82) is 0 Å². The lowest BCUT2D eigenvalue weighted by Crippen LogP contribution is -2.58. The van der Waals surface area contributed by atoms with Gasteiger partial charge in [-0.3, -0.25) is 10.1 Å². The van der Waals surface area contributed by atoms with Gasteiger partial charge in [-0.25, -0.2) is 9.59 Å². The lowest BCUT2D eigenvalue weighted by Gasteiger charge is -2.38. The van der Waals surface area contributed by atoms with Crippen LogP contribution in [0.2, 0.25) is 10.0 Å². The Hall–Kier alpha value is -3.66. The van der Waals surface area contributed by atoms with E-state index in [2.05, 4.69) is 5.32 Å². The van der Waals surface area contributed by atoms with Crippen LogP contribution in [0.3, 0.4) is 0 Å². The summed E-state index contributed by atoms with van der Waals surface area (Å²) in [6, 6.07) is 17.4. The number of nitrogens with one attached hydrogen (secondary N) is 1. The van der Waals surface area contributed by atoms with E-state index < -0.39 is 23.8 Å². The van der Waals surface area contributed by atoms with E-state index in [0.717, 1.165) is 5.56 Å². The van der Waals surface area contributed by atoms with Gasteiger partial charge in [-0.05, 0) is 67.9 Å². The van der Waals surface area contributed by atoms with Crippen LogP contribution in [0.25, 0.3) is 0 Å². The third kappa shape index (κ3) is 4.73. The van der Waals surface area contributed by atoms with Gasteiger partial charge in [0.25, 0.3) is 0 Å². The summed E-state index contributed by atoms with van der Waals surface area (Å²) in [5.41, 5.74) is 0.574.